The van der Waals surface area contributed by atoms with Crippen LogP contribution in [0.5, 0.6) is 5.88 Å². The molecular formula is C29H34N8O4S. The first-order chi connectivity index (χ1) is 20.3. The predicted octanol–water partition coefficient (Wildman–Crippen LogP) is 4.08. The number of rotatable bonds is 10. The number of fused-ring (bicyclic) bond motifs is 1. The first-order valence-electron chi connectivity index (χ1n) is 14.4. The first-order valence-corrected chi connectivity index (χ1v) is 16.1. The van der Waals surface area contributed by atoms with Crippen molar-refractivity contribution in [2.45, 2.75) is 75.8 Å². The van der Waals surface area contributed by atoms with Gasteiger partial charge in [0, 0.05) is 18.2 Å². The number of nitrogens with zero attached hydrogens (tertiary/aromatic N) is 7. The van der Waals surface area contributed by atoms with Crippen LogP contribution in [0, 0.1) is 5.92 Å². The average molecular weight is 591 g/mol. The quantitative estimate of drug-likeness (QED) is 0.284. The van der Waals surface area contributed by atoms with Gasteiger partial charge in [0.05, 0.1) is 41.9 Å². The van der Waals surface area contributed by atoms with Crippen LogP contribution >= 0.6 is 0 Å². The van der Waals surface area contributed by atoms with E-state index in [-0.39, 0.29) is 34.6 Å². The van der Waals surface area contributed by atoms with Crippen molar-refractivity contribution in [3.63, 3.8) is 0 Å². The van der Waals surface area contributed by atoms with Gasteiger partial charge in [-0.25, -0.2) is 33.3 Å². The molecule has 4 aromatic rings. The van der Waals surface area contributed by atoms with Gasteiger partial charge in [-0.2, -0.15) is 0 Å². The fourth-order valence-corrected chi connectivity index (χ4v) is 6.65. The number of aromatic nitrogens is 7. The zero-order chi connectivity index (χ0) is 29.4. The zero-order valence-corrected chi connectivity index (χ0v) is 24.8. The molecule has 2 atom stereocenters. The van der Waals surface area contributed by atoms with Gasteiger partial charge in [-0.1, -0.05) is 26.7 Å². The number of anilines is 1. The number of hydrogen-bond acceptors (Lipinski definition) is 11. The van der Waals surface area contributed by atoms with Crippen LogP contribution in [0.3, 0.4) is 0 Å². The number of sulfone groups is 1. The minimum atomic E-state index is -3.35. The lowest BCUT2D eigenvalue weighted by molar-refractivity contribution is 0.369. The van der Waals surface area contributed by atoms with Crippen LogP contribution in [-0.2, 0) is 16.4 Å². The molecule has 6 rings (SSSR count). The van der Waals surface area contributed by atoms with Crippen LogP contribution in [0.1, 0.15) is 75.7 Å². The van der Waals surface area contributed by atoms with Gasteiger partial charge in [0.15, 0.2) is 27.1 Å². The molecule has 42 heavy (non-hydrogen) atoms. The van der Waals surface area contributed by atoms with E-state index in [0.717, 1.165) is 44.2 Å². The molecule has 0 spiro atoms. The largest absolute Gasteiger partial charge is 0.480 e. The van der Waals surface area contributed by atoms with Gasteiger partial charge in [0.2, 0.25) is 5.88 Å². The highest BCUT2D eigenvalue weighted by Crippen LogP contribution is 2.45. The van der Waals surface area contributed by atoms with Crippen molar-refractivity contribution in [1.82, 2.24) is 34.5 Å². The number of nitrogens with one attached hydrogen (secondary N) is 1. The van der Waals surface area contributed by atoms with Crippen molar-refractivity contribution in [3.05, 3.63) is 52.6 Å². The van der Waals surface area contributed by atoms with Crippen molar-refractivity contribution in [2.75, 3.05) is 18.2 Å². The summed E-state index contributed by atoms with van der Waals surface area (Å²) in [5.74, 6) is 1.64. The summed E-state index contributed by atoms with van der Waals surface area (Å²) in [4.78, 5) is 41.6. The van der Waals surface area contributed by atoms with E-state index >= 15 is 0 Å². The molecule has 13 heteroatoms. The molecule has 2 fully saturated rings. The second-order valence-electron chi connectivity index (χ2n) is 10.9. The smallest absolute Gasteiger partial charge is 0.295 e. The standard InChI is InChI=1S/C29H34N8O4S/c1-4-17-7-6-8-22(17)37-27-21(15-32-25(36-27)23-24(18-9-10-18)33-16-34-28(23)41-3)35-26(29(37)38)31-13-19-11-12-20(14-30-19)42(39,40)5-2/h11-12,14-18,22H,4-10,13H2,1-3H3,(H,31,35)/t17-,22-/m0/s1. The monoisotopic (exact) mass is 590 g/mol. The first kappa shape index (κ1) is 28.1. The third-order valence-corrected chi connectivity index (χ3v) is 10.0. The Hall–Kier alpha value is -4.00. The summed E-state index contributed by atoms with van der Waals surface area (Å²) in [6, 6.07) is 3.15. The summed E-state index contributed by atoms with van der Waals surface area (Å²) >= 11 is 0. The van der Waals surface area contributed by atoms with Gasteiger partial charge in [-0.3, -0.25) is 14.3 Å². The van der Waals surface area contributed by atoms with E-state index in [0.29, 0.717) is 46.0 Å². The Bertz CT molecular complexity index is 1790. The molecule has 0 radical (unpaired) electrons. The lowest BCUT2D eigenvalue weighted by Gasteiger charge is -2.23. The minimum Gasteiger partial charge on any atom is -0.480 e. The van der Waals surface area contributed by atoms with E-state index in [1.54, 1.807) is 30.9 Å². The number of methoxy groups -OCH3 is 1. The Labute approximate surface area is 244 Å². The van der Waals surface area contributed by atoms with Crippen LogP contribution in [0.4, 0.5) is 5.82 Å². The van der Waals surface area contributed by atoms with E-state index in [4.69, 9.17) is 9.72 Å². The molecule has 0 saturated heterocycles. The molecule has 2 aliphatic rings. The SMILES string of the molecule is CC[C@H]1CCC[C@@H]1n1c(=O)c(NCc2ccc(S(=O)(=O)CC)cn2)nc2cnc(-c3c(OC)ncnc3C3CC3)nc21. The van der Waals surface area contributed by atoms with Gasteiger partial charge in [-0.05, 0) is 43.7 Å². The van der Waals surface area contributed by atoms with Crippen LogP contribution < -0.4 is 15.6 Å². The van der Waals surface area contributed by atoms with Gasteiger partial charge < -0.3 is 10.1 Å². The fraction of sp³-hybridized carbons (Fsp3) is 0.483. The predicted molar refractivity (Wildman–Crippen MR) is 157 cm³/mol. The molecule has 2 aliphatic carbocycles. The summed E-state index contributed by atoms with van der Waals surface area (Å²) in [5.41, 5.74) is 2.80. The Morgan fingerprint density at radius 3 is 2.55 bits per heavy atom. The van der Waals surface area contributed by atoms with E-state index in [1.807, 2.05) is 0 Å². The highest BCUT2D eigenvalue weighted by molar-refractivity contribution is 7.91. The second-order valence-corrected chi connectivity index (χ2v) is 13.1. The summed E-state index contributed by atoms with van der Waals surface area (Å²) in [5, 5.41) is 3.14. The summed E-state index contributed by atoms with van der Waals surface area (Å²) in [6.07, 6.45) is 10.5. The van der Waals surface area contributed by atoms with Gasteiger partial charge in [0.25, 0.3) is 5.56 Å². The van der Waals surface area contributed by atoms with Crippen LogP contribution in [0.25, 0.3) is 22.6 Å². The normalized spacial score (nSPS) is 18.8. The summed E-state index contributed by atoms with van der Waals surface area (Å²) in [7, 11) is -1.78. The zero-order valence-electron chi connectivity index (χ0n) is 23.9. The van der Waals surface area contributed by atoms with Gasteiger partial charge in [0.1, 0.15) is 17.4 Å². The maximum absolute atomic E-state index is 14.1. The molecule has 0 unspecified atom stereocenters. The van der Waals surface area contributed by atoms with E-state index in [9.17, 15) is 13.2 Å². The van der Waals surface area contributed by atoms with Crippen molar-refractivity contribution < 1.29 is 13.2 Å². The van der Waals surface area contributed by atoms with Crippen LogP contribution in [-0.4, -0.2) is 55.8 Å². The molecule has 0 amide bonds. The number of hydrogen-bond donors (Lipinski definition) is 1. The Balaban J connectivity index is 1.42. The van der Waals surface area contributed by atoms with E-state index in [2.05, 4.69) is 37.2 Å². The van der Waals surface area contributed by atoms with Gasteiger partial charge >= 0.3 is 0 Å². The van der Waals surface area contributed by atoms with E-state index < -0.39 is 9.84 Å². The van der Waals surface area contributed by atoms with Crippen molar-refractivity contribution in [2.24, 2.45) is 5.92 Å². The van der Waals surface area contributed by atoms with Crippen LogP contribution in [0.2, 0.25) is 0 Å². The molecule has 1 N–H and O–H groups in total. The number of ether oxygens (including phenoxy) is 1. The molecule has 220 valence electrons. The Morgan fingerprint density at radius 1 is 1.02 bits per heavy atom. The molecular weight excluding hydrogens is 556 g/mol. The third-order valence-electron chi connectivity index (χ3n) is 8.30. The Morgan fingerprint density at radius 2 is 1.86 bits per heavy atom. The van der Waals surface area contributed by atoms with Gasteiger partial charge in [-0.15, -0.1) is 0 Å². The average Bonchev–Trinajstić information content (AvgIpc) is 3.76. The molecule has 2 saturated carbocycles. The maximum Gasteiger partial charge on any atom is 0.295 e. The van der Waals surface area contributed by atoms with Crippen LogP contribution in [0.15, 0.2) is 40.5 Å². The highest BCUT2D eigenvalue weighted by Gasteiger charge is 2.33. The number of pyridine rings is 1. The molecule has 12 nitrogen and oxygen atoms in total. The van der Waals surface area contributed by atoms with Crippen molar-refractivity contribution >= 4 is 26.8 Å². The minimum absolute atomic E-state index is 0.00249. The molecule has 0 aliphatic heterocycles. The molecule has 0 bridgehead atoms. The summed E-state index contributed by atoms with van der Waals surface area (Å²) in [6.45, 7) is 3.95. The summed E-state index contributed by atoms with van der Waals surface area (Å²) < 4.78 is 31.7. The highest BCUT2D eigenvalue weighted by atomic mass is 32.2. The molecule has 4 heterocycles. The molecule has 0 aromatic carbocycles. The van der Waals surface area contributed by atoms with Crippen molar-refractivity contribution in [3.8, 4) is 17.3 Å². The van der Waals surface area contributed by atoms with E-state index in [1.165, 1.54) is 18.6 Å². The Kier molecular flexibility index (Phi) is 7.60. The fourth-order valence-electron chi connectivity index (χ4n) is 5.83. The lowest BCUT2D eigenvalue weighted by Crippen LogP contribution is -2.31. The van der Waals surface area contributed by atoms with Crippen molar-refractivity contribution in [1.29, 1.82) is 0 Å². The lowest BCUT2D eigenvalue weighted by atomic mass is 10.0. The second kappa shape index (κ2) is 11.3. The molecule has 4 aromatic heterocycles. The third kappa shape index (κ3) is 5.21. The topological polar surface area (TPSA) is 155 Å². The maximum atomic E-state index is 14.1.